The van der Waals surface area contributed by atoms with Crippen molar-refractivity contribution in [2.24, 2.45) is 0 Å². The molecule has 2 amide bonds. The number of amides is 2. The fourth-order valence-corrected chi connectivity index (χ4v) is 3.35. The summed E-state index contributed by atoms with van der Waals surface area (Å²) in [5.74, 6) is -0.970. The standard InChI is InChI=1S/2C14H9ClF3NO/c2*15-11-5-7-12(8-6-11)19-13(20)9-1-3-10(4-2-9)14(16,17)18/h2*1-8H,(H,19,20). The Morgan fingerprint density at radius 1 is 0.475 bits per heavy atom. The molecule has 0 radical (unpaired) electrons. The van der Waals surface area contributed by atoms with Gasteiger partial charge in [0.25, 0.3) is 11.8 Å². The van der Waals surface area contributed by atoms with Gasteiger partial charge in [-0.2, -0.15) is 26.3 Å². The molecule has 0 aromatic heterocycles. The molecule has 0 aliphatic heterocycles. The molecule has 4 nitrogen and oxygen atoms in total. The topological polar surface area (TPSA) is 58.2 Å². The summed E-state index contributed by atoms with van der Waals surface area (Å²) < 4.78 is 74.4. The molecule has 0 bridgehead atoms. The average molecular weight is 599 g/mol. The zero-order valence-electron chi connectivity index (χ0n) is 20.1. The Kier molecular flexibility index (Phi) is 9.83. The lowest BCUT2D eigenvalue weighted by molar-refractivity contribution is -0.138. The lowest BCUT2D eigenvalue weighted by Crippen LogP contribution is -2.12. The molecule has 4 aromatic rings. The highest BCUT2D eigenvalue weighted by molar-refractivity contribution is 6.31. The highest BCUT2D eigenvalue weighted by Crippen LogP contribution is 2.30. The van der Waals surface area contributed by atoms with Gasteiger partial charge in [-0.15, -0.1) is 0 Å². The number of carbonyl (C=O) groups is 2. The molecule has 40 heavy (non-hydrogen) atoms. The first kappa shape index (κ1) is 30.5. The number of carbonyl (C=O) groups excluding carboxylic acids is 2. The minimum atomic E-state index is -4.41. The number of halogens is 8. The zero-order chi connectivity index (χ0) is 29.5. The average Bonchev–Trinajstić information content (AvgIpc) is 2.91. The number of alkyl halides is 6. The molecule has 12 heteroatoms. The third-order valence-electron chi connectivity index (χ3n) is 5.15. The number of nitrogens with one attached hydrogen (secondary N) is 2. The SMILES string of the molecule is O=C(Nc1ccc(Cl)cc1)c1ccc(C(F)(F)F)cc1.O=C(Nc1ccc(Cl)cc1)c1ccc(C(F)(F)F)cc1. The van der Waals surface area contributed by atoms with Crippen LogP contribution in [0.2, 0.25) is 10.0 Å². The molecule has 0 saturated heterocycles. The molecule has 4 rings (SSSR count). The first-order valence-corrected chi connectivity index (χ1v) is 12.0. The van der Waals surface area contributed by atoms with Crippen molar-refractivity contribution in [1.29, 1.82) is 0 Å². The summed E-state index contributed by atoms with van der Waals surface area (Å²) in [5.41, 5.74) is -0.263. The van der Waals surface area contributed by atoms with Crippen LogP contribution in [-0.2, 0) is 12.4 Å². The second kappa shape index (κ2) is 12.9. The normalized spacial score (nSPS) is 11.2. The van der Waals surface area contributed by atoms with Gasteiger partial charge in [-0.1, -0.05) is 23.2 Å². The number of hydrogen-bond donors (Lipinski definition) is 2. The van der Waals surface area contributed by atoms with E-state index in [-0.39, 0.29) is 11.1 Å². The van der Waals surface area contributed by atoms with Gasteiger partial charge in [0.2, 0.25) is 0 Å². The van der Waals surface area contributed by atoms with E-state index >= 15 is 0 Å². The highest BCUT2D eigenvalue weighted by atomic mass is 35.5. The van der Waals surface area contributed by atoms with Crippen LogP contribution in [0.4, 0.5) is 37.7 Å². The van der Waals surface area contributed by atoms with Gasteiger partial charge >= 0.3 is 12.4 Å². The van der Waals surface area contributed by atoms with Crippen LogP contribution in [0.15, 0.2) is 97.1 Å². The van der Waals surface area contributed by atoms with Crippen LogP contribution in [-0.4, -0.2) is 11.8 Å². The summed E-state index contributed by atoms with van der Waals surface area (Å²) in [6, 6.07) is 20.8. The molecule has 0 fully saturated rings. The van der Waals surface area contributed by atoms with E-state index in [1.165, 1.54) is 0 Å². The van der Waals surface area contributed by atoms with Gasteiger partial charge in [0.1, 0.15) is 0 Å². The minimum Gasteiger partial charge on any atom is -0.322 e. The van der Waals surface area contributed by atoms with Gasteiger partial charge in [0, 0.05) is 32.5 Å². The van der Waals surface area contributed by atoms with Crippen LogP contribution in [0.25, 0.3) is 0 Å². The Labute approximate surface area is 234 Å². The second-order valence-corrected chi connectivity index (χ2v) is 8.95. The maximum absolute atomic E-state index is 12.4. The van der Waals surface area contributed by atoms with Gasteiger partial charge in [-0.25, -0.2) is 0 Å². The van der Waals surface area contributed by atoms with Gasteiger partial charge in [-0.05, 0) is 97.1 Å². The van der Waals surface area contributed by atoms with Crippen LogP contribution >= 0.6 is 23.2 Å². The number of benzene rings is 4. The molecule has 0 atom stereocenters. The van der Waals surface area contributed by atoms with Crippen molar-refractivity contribution in [1.82, 2.24) is 0 Å². The lowest BCUT2D eigenvalue weighted by Gasteiger charge is -2.08. The number of hydrogen-bond acceptors (Lipinski definition) is 2. The maximum atomic E-state index is 12.4. The molecule has 208 valence electrons. The minimum absolute atomic E-state index is 0.146. The maximum Gasteiger partial charge on any atom is 0.416 e. The molecule has 0 spiro atoms. The highest BCUT2D eigenvalue weighted by Gasteiger charge is 2.31. The Morgan fingerprint density at radius 2 is 0.750 bits per heavy atom. The zero-order valence-corrected chi connectivity index (χ0v) is 21.6. The molecule has 2 N–H and O–H groups in total. The van der Waals surface area contributed by atoms with Crippen LogP contribution in [0.5, 0.6) is 0 Å². The molecule has 0 saturated carbocycles. The van der Waals surface area contributed by atoms with Crippen molar-refractivity contribution in [2.75, 3.05) is 10.6 Å². The van der Waals surface area contributed by atoms with Crippen molar-refractivity contribution in [3.63, 3.8) is 0 Å². The Morgan fingerprint density at radius 3 is 1.00 bits per heavy atom. The molecular weight excluding hydrogens is 581 g/mol. The van der Waals surface area contributed by atoms with Crippen LogP contribution in [0, 0.1) is 0 Å². The summed E-state index contributed by atoms with van der Waals surface area (Å²) in [4.78, 5) is 23.7. The molecular formula is C28H18Cl2F6N2O2. The summed E-state index contributed by atoms with van der Waals surface area (Å²) >= 11 is 11.4. The van der Waals surface area contributed by atoms with E-state index in [1.54, 1.807) is 48.5 Å². The Bertz CT molecular complexity index is 1320. The van der Waals surface area contributed by atoms with E-state index in [0.717, 1.165) is 48.5 Å². The van der Waals surface area contributed by atoms with Crippen molar-refractivity contribution in [2.45, 2.75) is 12.4 Å². The fourth-order valence-electron chi connectivity index (χ4n) is 3.09. The summed E-state index contributed by atoms with van der Waals surface area (Å²) in [6.45, 7) is 0. The quantitative estimate of drug-likeness (QED) is 0.230. The van der Waals surface area contributed by atoms with E-state index < -0.39 is 35.3 Å². The van der Waals surface area contributed by atoms with Crippen molar-refractivity contribution >= 4 is 46.4 Å². The first-order valence-electron chi connectivity index (χ1n) is 11.2. The molecule has 4 aromatic carbocycles. The van der Waals surface area contributed by atoms with Crippen LogP contribution < -0.4 is 10.6 Å². The smallest absolute Gasteiger partial charge is 0.322 e. The third kappa shape index (κ3) is 9.03. The van der Waals surface area contributed by atoms with Crippen LogP contribution in [0.1, 0.15) is 31.8 Å². The van der Waals surface area contributed by atoms with Crippen molar-refractivity contribution in [3.05, 3.63) is 129 Å². The van der Waals surface area contributed by atoms with Crippen molar-refractivity contribution < 1.29 is 35.9 Å². The first-order chi connectivity index (χ1) is 18.7. The number of rotatable bonds is 4. The van der Waals surface area contributed by atoms with E-state index in [4.69, 9.17) is 23.2 Å². The molecule has 0 aliphatic rings. The van der Waals surface area contributed by atoms with E-state index in [1.807, 2.05) is 0 Å². The van der Waals surface area contributed by atoms with Gasteiger partial charge < -0.3 is 10.6 Å². The summed E-state index contributed by atoms with van der Waals surface area (Å²) in [6.07, 6.45) is -8.82. The third-order valence-corrected chi connectivity index (χ3v) is 5.66. The predicted octanol–water partition coefficient (Wildman–Crippen LogP) is 9.22. The molecule has 0 unspecified atom stereocenters. The summed E-state index contributed by atoms with van der Waals surface area (Å²) in [5, 5.41) is 6.18. The Hall–Kier alpha value is -4.02. The lowest BCUT2D eigenvalue weighted by atomic mass is 10.1. The van der Waals surface area contributed by atoms with Gasteiger partial charge in [0.15, 0.2) is 0 Å². The molecule has 0 aliphatic carbocycles. The summed E-state index contributed by atoms with van der Waals surface area (Å²) in [7, 11) is 0. The van der Waals surface area contributed by atoms with Crippen molar-refractivity contribution in [3.8, 4) is 0 Å². The number of anilines is 2. The second-order valence-electron chi connectivity index (χ2n) is 8.07. The van der Waals surface area contributed by atoms with Gasteiger partial charge in [0.05, 0.1) is 11.1 Å². The van der Waals surface area contributed by atoms with E-state index in [2.05, 4.69) is 10.6 Å². The predicted molar refractivity (Wildman–Crippen MR) is 142 cm³/mol. The van der Waals surface area contributed by atoms with E-state index in [9.17, 15) is 35.9 Å². The van der Waals surface area contributed by atoms with E-state index in [0.29, 0.717) is 21.4 Å². The Balaban J connectivity index is 0.000000220. The fraction of sp³-hybridized carbons (Fsp3) is 0.0714. The largest absolute Gasteiger partial charge is 0.416 e. The molecule has 0 heterocycles. The monoisotopic (exact) mass is 598 g/mol. The van der Waals surface area contributed by atoms with Gasteiger partial charge in [-0.3, -0.25) is 9.59 Å². The van der Waals surface area contributed by atoms with Crippen LogP contribution in [0.3, 0.4) is 0 Å².